The Morgan fingerprint density at radius 1 is 1.30 bits per heavy atom. The van der Waals surface area contributed by atoms with Gasteiger partial charge < -0.3 is 0 Å². The zero-order chi connectivity index (χ0) is 14.4. The van der Waals surface area contributed by atoms with Crippen molar-refractivity contribution >= 4 is 16.1 Å². The van der Waals surface area contributed by atoms with Gasteiger partial charge >= 0.3 is 0 Å². The molecule has 1 aromatic carbocycles. The third-order valence-electron chi connectivity index (χ3n) is 3.22. The molecule has 1 aliphatic rings. The normalized spacial score (nSPS) is 15.6. The first-order chi connectivity index (χ1) is 9.62. The highest BCUT2D eigenvalue weighted by Gasteiger charge is 2.29. The van der Waals surface area contributed by atoms with Crippen molar-refractivity contribution in [2.24, 2.45) is 5.92 Å². The molecular formula is C15H18N2O2S. The van der Waals surface area contributed by atoms with E-state index >= 15 is 0 Å². The smallest absolute Gasteiger partial charge is 0.208 e. The number of nitriles is 1. The van der Waals surface area contributed by atoms with Gasteiger partial charge in [-0.15, -0.1) is 0 Å². The summed E-state index contributed by atoms with van der Waals surface area (Å²) in [6.45, 7) is 0.803. The van der Waals surface area contributed by atoms with Crippen molar-refractivity contribution in [2.45, 2.75) is 19.3 Å². The first-order valence-corrected chi connectivity index (χ1v) is 8.22. The van der Waals surface area contributed by atoms with Gasteiger partial charge in [0.15, 0.2) is 0 Å². The van der Waals surface area contributed by atoms with Gasteiger partial charge in [-0.05, 0) is 30.4 Å². The van der Waals surface area contributed by atoms with E-state index in [2.05, 4.69) is 0 Å². The Balaban J connectivity index is 2.08. The zero-order valence-corrected chi connectivity index (χ0v) is 12.1. The van der Waals surface area contributed by atoms with Gasteiger partial charge in [0.25, 0.3) is 0 Å². The van der Waals surface area contributed by atoms with E-state index in [1.54, 1.807) is 6.08 Å². The first-order valence-electron chi connectivity index (χ1n) is 6.72. The van der Waals surface area contributed by atoms with E-state index in [0.717, 1.165) is 18.4 Å². The van der Waals surface area contributed by atoms with Gasteiger partial charge in [-0.2, -0.15) is 9.57 Å². The Morgan fingerprint density at radius 3 is 2.60 bits per heavy atom. The minimum atomic E-state index is -3.45. The van der Waals surface area contributed by atoms with Crippen LogP contribution < -0.4 is 0 Å². The molecule has 0 radical (unpaired) electrons. The van der Waals surface area contributed by atoms with Gasteiger partial charge in [0, 0.05) is 24.9 Å². The monoisotopic (exact) mass is 290 g/mol. The van der Waals surface area contributed by atoms with Crippen molar-refractivity contribution in [1.82, 2.24) is 4.31 Å². The third kappa shape index (κ3) is 4.48. The minimum Gasteiger partial charge on any atom is -0.208 e. The average molecular weight is 290 g/mol. The third-order valence-corrected chi connectivity index (χ3v) is 4.76. The standard InChI is InChI=1S/C15H18N2O2S/c16-10-4-11-17(13-15-7-8-15)20(18,19)12-9-14-5-2-1-3-6-14/h1-3,5-6,9,12,15H,4,7-8,11,13H2/b12-9-. The molecule has 20 heavy (non-hydrogen) atoms. The molecule has 0 N–H and O–H groups in total. The molecule has 0 spiro atoms. The SMILES string of the molecule is N#CCCN(CC1CC1)S(=O)(=O)/C=C\c1ccccc1. The van der Waals surface area contributed by atoms with E-state index in [0.29, 0.717) is 12.5 Å². The summed E-state index contributed by atoms with van der Waals surface area (Å²) >= 11 is 0. The molecule has 1 aliphatic carbocycles. The van der Waals surface area contributed by atoms with Gasteiger partial charge in [-0.1, -0.05) is 30.3 Å². The molecular weight excluding hydrogens is 272 g/mol. The lowest BCUT2D eigenvalue weighted by atomic mass is 10.2. The topological polar surface area (TPSA) is 61.2 Å². The summed E-state index contributed by atoms with van der Waals surface area (Å²) in [5.74, 6) is 0.466. The van der Waals surface area contributed by atoms with Crippen LogP contribution in [0.15, 0.2) is 35.7 Å². The van der Waals surface area contributed by atoms with E-state index in [1.807, 2.05) is 36.4 Å². The summed E-state index contributed by atoms with van der Waals surface area (Å²) in [7, 11) is -3.45. The van der Waals surface area contributed by atoms with Crippen molar-refractivity contribution in [3.8, 4) is 6.07 Å². The first kappa shape index (κ1) is 14.8. The minimum absolute atomic E-state index is 0.227. The lowest BCUT2D eigenvalue weighted by Crippen LogP contribution is -2.32. The molecule has 0 amide bonds. The summed E-state index contributed by atoms with van der Waals surface area (Å²) in [5.41, 5.74) is 0.850. The summed E-state index contributed by atoms with van der Waals surface area (Å²) in [6.07, 6.45) is 3.99. The van der Waals surface area contributed by atoms with Crippen LogP contribution in [0.1, 0.15) is 24.8 Å². The number of rotatable bonds is 7. The Hall–Kier alpha value is -1.64. The summed E-state index contributed by atoms with van der Waals surface area (Å²) in [5, 5.41) is 9.89. The van der Waals surface area contributed by atoms with E-state index in [-0.39, 0.29) is 13.0 Å². The average Bonchev–Trinajstić information content (AvgIpc) is 3.26. The second kappa shape index (κ2) is 6.69. The highest BCUT2D eigenvalue weighted by atomic mass is 32.2. The molecule has 2 rings (SSSR count). The van der Waals surface area contributed by atoms with Crippen LogP contribution in [0, 0.1) is 17.2 Å². The maximum absolute atomic E-state index is 12.3. The molecule has 0 aromatic heterocycles. The molecule has 5 heteroatoms. The summed E-state index contributed by atoms with van der Waals surface area (Å²) in [4.78, 5) is 0. The molecule has 4 nitrogen and oxygen atoms in total. The van der Waals surface area contributed by atoms with Crippen LogP contribution in [0.2, 0.25) is 0 Å². The number of sulfonamides is 1. The molecule has 0 aliphatic heterocycles. The fourth-order valence-electron chi connectivity index (χ4n) is 1.90. The summed E-state index contributed by atoms with van der Waals surface area (Å²) < 4.78 is 26.0. The molecule has 1 aromatic rings. The Morgan fingerprint density at radius 2 is 2.00 bits per heavy atom. The number of hydrogen-bond acceptors (Lipinski definition) is 3. The number of nitrogens with zero attached hydrogens (tertiary/aromatic N) is 2. The Kier molecular flexibility index (Phi) is 4.94. The van der Waals surface area contributed by atoms with Crippen LogP contribution in [0.3, 0.4) is 0 Å². The van der Waals surface area contributed by atoms with Crippen LogP contribution in [0.25, 0.3) is 6.08 Å². The fourth-order valence-corrected chi connectivity index (χ4v) is 3.17. The van der Waals surface area contributed by atoms with Gasteiger partial charge in [-0.3, -0.25) is 0 Å². The largest absolute Gasteiger partial charge is 0.236 e. The molecule has 106 valence electrons. The predicted molar refractivity (Wildman–Crippen MR) is 78.9 cm³/mol. The van der Waals surface area contributed by atoms with Crippen LogP contribution in [-0.2, 0) is 10.0 Å². The maximum atomic E-state index is 12.3. The number of benzene rings is 1. The maximum Gasteiger partial charge on any atom is 0.236 e. The van der Waals surface area contributed by atoms with Crippen molar-refractivity contribution in [2.75, 3.05) is 13.1 Å². The molecule has 1 saturated carbocycles. The van der Waals surface area contributed by atoms with Crippen molar-refractivity contribution in [1.29, 1.82) is 5.26 Å². The predicted octanol–water partition coefficient (Wildman–Crippen LogP) is 2.61. The lowest BCUT2D eigenvalue weighted by Gasteiger charge is -2.18. The molecule has 0 unspecified atom stereocenters. The highest BCUT2D eigenvalue weighted by molar-refractivity contribution is 7.92. The molecule has 0 saturated heterocycles. The van der Waals surface area contributed by atoms with Crippen molar-refractivity contribution in [3.63, 3.8) is 0 Å². The number of hydrogen-bond donors (Lipinski definition) is 0. The quantitative estimate of drug-likeness (QED) is 0.775. The van der Waals surface area contributed by atoms with E-state index < -0.39 is 10.0 Å². The summed E-state index contributed by atoms with van der Waals surface area (Å²) in [6, 6.07) is 11.3. The van der Waals surface area contributed by atoms with E-state index in [9.17, 15) is 8.42 Å². The van der Waals surface area contributed by atoms with Gasteiger partial charge in [0.05, 0.1) is 6.07 Å². The molecule has 1 fully saturated rings. The van der Waals surface area contributed by atoms with Crippen LogP contribution in [-0.4, -0.2) is 25.8 Å². The van der Waals surface area contributed by atoms with Gasteiger partial charge in [0.1, 0.15) is 0 Å². The Bertz CT molecular complexity index is 599. The van der Waals surface area contributed by atoms with E-state index in [4.69, 9.17) is 5.26 Å². The second-order valence-electron chi connectivity index (χ2n) is 4.97. The fraction of sp³-hybridized carbons (Fsp3) is 0.400. The lowest BCUT2D eigenvalue weighted by molar-refractivity contribution is 0.408. The van der Waals surface area contributed by atoms with Crippen LogP contribution in [0.4, 0.5) is 0 Å². The van der Waals surface area contributed by atoms with Gasteiger partial charge in [-0.25, -0.2) is 8.42 Å². The second-order valence-corrected chi connectivity index (χ2v) is 6.79. The van der Waals surface area contributed by atoms with Crippen LogP contribution in [0.5, 0.6) is 0 Å². The van der Waals surface area contributed by atoms with Crippen molar-refractivity contribution in [3.05, 3.63) is 41.3 Å². The molecule has 0 heterocycles. The highest BCUT2D eigenvalue weighted by Crippen LogP contribution is 2.30. The Labute approximate surface area is 120 Å². The molecule has 0 bridgehead atoms. The van der Waals surface area contributed by atoms with Gasteiger partial charge in [0.2, 0.25) is 10.0 Å². The van der Waals surface area contributed by atoms with Crippen molar-refractivity contribution < 1.29 is 8.42 Å². The zero-order valence-electron chi connectivity index (χ0n) is 11.3. The molecule has 0 atom stereocenters. The van der Waals surface area contributed by atoms with Crippen LogP contribution >= 0.6 is 0 Å². The van der Waals surface area contributed by atoms with E-state index in [1.165, 1.54) is 9.71 Å².